The number of anilines is 1. The molecule has 0 aliphatic heterocycles. The predicted octanol–water partition coefficient (Wildman–Crippen LogP) is 4.04. The minimum absolute atomic E-state index is 0.142. The Balaban J connectivity index is 2.32. The highest BCUT2D eigenvalue weighted by molar-refractivity contribution is 14.1. The number of halogens is 2. The van der Waals surface area contributed by atoms with Crippen molar-refractivity contribution in [3.63, 3.8) is 0 Å². The molecule has 0 heterocycles. The minimum atomic E-state index is -3.74. The van der Waals surface area contributed by atoms with Crippen molar-refractivity contribution in [2.24, 2.45) is 0 Å². The number of carbonyl (C=O) groups excluding carboxylic acids is 2. The lowest BCUT2D eigenvalue weighted by Gasteiger charge is -2.31. The average molecular weight is 606 g/mol. The van der Waals surface area contributed by atoms with Gasteiger partial charge in [-0.2, -0.15) is 0 Å². The van der Waals surface area contributed by atoms with E-state index >= 15 is 0 Å². The maximum atomic E-state index is 13.4. The number of rotatable bonds is 11. The Hall–Kier alpha value is -1.85. The van der Waals surface area contributed by atoms with Crippen LogP contribution in [0.15, 0.2) is 48.5 Å². The van der Waals surface area contributed by atoms with Gasteiger partial charge in [0, 0.05) is 21.7 Å². The van der Waals surface area contributed by atoms with Gasteiger partial charge in [-0.15, -0.1) is 0 Å². The van der Waals surface area contributed by atoms with E-state index in [1.54, 1.807) is 55.5 Å². The number of benzene rings is 2. The predicted molar refractivity (Wildman–Crippen MR) is 141 cm³/mol. The minimum Gasteiger partial charge on any atom is -0.354 e. The molecule has 0 radical (unpaired) electrons. The summed E-state index contributed by atoms with van der Waals surface area (Å²) >= 11 is 8.10. The molecular formula is C23H29ClIN3O4S. The first-order valence-corrected chi connectivity index (χ1v) is 13.9. The third-order valence-corrected chi connectivity index (χ3v) is 7.17. The molecule has 0 spiro atoms. The van der Waals surface area contributed by atoms with Crippen LogP contribution in [-0.4, -0.2) is 50.5 Å². The van der Waals surface area contributed by atoms with Gasteiger partial charge in [-0.3, -0.25) is 13.9 Å². The summed E-state index contributed by atoms with van der Waals surface area (Å²) in [5.41, 5.74) is 1.17. The molecule has 0 saturated heterocycles. The van der Waals surface area contributed by atoms with Crippen molar-refractivity contribution in [3.8, 4) is 0 Å². The highest BCUT2D eigenvalue weighted by Crippen LogP contribution is 2.21. The van der Waals surface area contributed by atoms with E-state index in [0.717, 1.165) is 32.5 Å². The Morgan fingerprint density at radius 3 is 2.24 bits per heavy atom. The first kappa shape index (κ1) is 27.4. The second-order valence-electron chi connectivity index (χ2n) is 7.71. The first-order chi connectivity index (χ1) is 15.5. The van der Waals surface area contributed by atoms with Crippen molar-refractivity contribution in [1.29, 1.82) is 0 Å². The maximum absolute atomic E-state index is 13.4. The molecule has 2 aromatic rings. The number of carbonyl (C=O) groups is 2. The second kappa shape index (κ2) is 12.6. The van der Waals surface area contributed by atoms with Gasteiger partial charge in [-0.05, 0) is 77.9 Å². The molecule has 0 aromatic heterocycles. The Morgan fingerprint density at radius 2 is 1.70 bits per heavy atom. The maximum Gasteiger partial charge on any atom is 0.244 e. The van der Waals surface area contributed by atoms with Gasteiger partial charge >= 0.3 is 0 Å². The van der Waals surface area contributed by atoms with Crippen molar-refractivity contribution in [2.75, 3.05) is 23.7 Å². The molecule has 0 unspecified atom stereocenters. The monoisotopic (exact) mass is 605 g/mol. The molecule has 10 heteroatoms. The summed E-state index contributed by atoms with van der Waals surface area (Å²) in [6.07, 6.45) is 2.82. The number of amides is 2. The molecule has 2 aromatic carbocycles. The van der Waals surface area contributed by atoms with E-state index in [-0.39, 0.29) is 12.5 Å². The molecule has 2 rings (SSSR count). The molecular weight excluding hydrogens is 577 g/mol. The van der Waals surface area contributed by atoms with E-state index < -0.39 is 28.5 Å². The van der Waals surface area contributed by atoms with Crippen molar-refractivity contribution in [1.82, 2.24) is 10.2 Å². The van der Waals surface area contributed by atoms with E-state index in [1.165, 1.54) is 4.90 Å². The quantitative estimate of drug-likeness (QED) is 0.309. The largest absolute Gasteiger partial charge is 0.354 e. The van der Waals surface area contributed by atoms with Crippen LogP contribution in [0.5, 0.6) is 0 Å². The molecule has 180 valence electrons. The molecule has 7 nitrogen and oxygen atoms in total. The third-order valence-electron chi connectivity index (χ3n) is 5.06. The summed E-state index contributed by atoms with van der Waals surface area (Å²) < 4.78 is 27.0. The second-order valence-corrected chi connectivity index (χ2v) is 11.3. The van der Waals surface area contributed by atoms with E-state index in [9.17, 15) is 18.0 Å². The molecule has 0 fully saturated rings. The molecule has 0 aliphatic rings. The molecule has 33 heavy (non-hydrogen) atoms. The molecule has 0 bridgehead atoms. The lowest BCUT2D eigenvalue weighted by Crippen LogP contribution is -2.51. The number of hydrogen-bond acceptors (Lipinski definition) is 4. The molecule has 0 aliphatic carbocycles. The van der Waals surface area contributed by atoms with Gasteiger partial charge in [0.1, 0.15) is 12.6 Å². The number of unbranched alkanes of at least 4 members (excludes halogenated alkanes) is 1. The Bertz CT molecular complexity index is 1050. The Labute approximate surface area is 214 Å². The van der Waals surface area contributed by atoms with Gasteiger partial charge in [-0.25, -0.2) is 8.42 Å². The number of sulfonamides is 1. The normalized spacial score (nSPS) is 12.2. The van der Waals surface area contributed by atoms with Crippen LogP contribution in [0.2, 0.25) is 5.02 Å². The van der Waals surface area contributed by atoms with E-state index in [0.29, 0.717) is 17.3 Å². The topological polar surface area (TPSA) is 86.8 Å². The van der Waals surface area contributed by atoms with Crippen LogP contribution in [0.1, 0.15) is 32.3 Å². The van der Waals surface area contributed by atoms with Crippen molar-refractivity contribution >= 4 is 61.7 Å². The van der Waals surface area contributed by atoms with Crippen molar-refractivity contribution < 1.29 is 18.0 Å². The van der Waals surface area contributed by atoms with Crippen LogP contribution >= 0.6 is 34.2 Å². The fraction of sp³-hybridized carbons (Fsp3) is 0.391. The van der Waals surface area contributed by atoms with Gasteiger partial charge in [0.05, 0.1) is 11.9 Å². The summed E-state index contributed by atoms with van der Waals surface area (Å²) in [5, 5.41) is 3.41. The van der Waals surface area contributed by atoms with Crippen LogP contribution in [0, 0.1) is 3.57 Å². The molecule has 1 atom stereocenters. The summed E-state index contributed by atoms with van der Waals surface area (Å²) in [7, 11) is -3.74. The van der Waals surface area contributed by atoms with Gasteiger partial charge < -0.3 is 10.2 Å². The Kier molecular flexibility index (Phi) is 10.4. The molecule has 1 N–H and O–H groups in total. The zero-order valence-electron chi connectivity index (χ0n) is 18.9. The zero-order valence-corrected chi connectivity index (χ0v) is 22.7. The average Bonchev–Trinajstić information content (AvgIpc) is 2.76. The van der Waals surface area contributed by atoms with Crippen LogP contribution in [0.4, 0.5) is 5.69 Å². The standard InChI is InChI=1S/C23H29ClIN3O4S/c1-4-5-14-26-23(30)17(2)27(15-18-6-8-19(24)9-7-18)22(29)16-28(33(3,31)32)21-12-10-20(25)11-13-21/h6-13,17H,4-5,14-16H2,1-3H3,(H,26,30)/t17-/m0/s1. The zero-order chi connectivity index (χ0) is 24.6. The van der Waals surface area contributed by atoms with E-state index in [2.05, 4.69) is 27.9 Å². The fourth-order valence-corrected chi connectivity index (χ4v) is 4.46. The van der Waals surface area contributed by atoms with E-state index in [1.807, 2.05) is 6.92 Å². The summed E-state index contributed by atoms with van der Waals surface area (Å²) in [4.78, 5) is 27.5. The van der Waals surface area contributed by atoms with Crippen LogP contribution in [0.25, 0.3) is 0 Å². The van der Waals surface area contributed by atoms with Crippen molar-refractivity contribution in [2.45, 2.75) is 39.3 Å². The van der Waals surface area contributed by atoms with Crippen molar-refractivity contribution in [3.05, 3.63) is 62.7 Å². The molecule has 2 amide bonds. The van der Waals surface area contributed by atoms with Crippen LogP contribution < -0.4 is 9.62 Å². The molecule has 0 saturated carbocycles. The first-order valence-electron chi connectivity index (χ1n) is 10.6. The fourth-order valence-electron chi connectivity index (χ4n) is 3.13. The number of nitrogens with zero attached hydrogens (tertiary/aromatic N) is 2. The van der Waals surface area contributed by atoms with Crippen LogP contribution in [0.3, 0.4) is 0 Å². The van der Waals surface area contributed by atoms with Gasteiger partial charge in [0.25, 0.3) is 0 Å². The highest BCUT2D eigenvalue weighted by atomic mass is 127. The highest BCUT2D eigenvalue weighted by Gasteiger charge is 2.30. The lowest BCUT2D eigenvalue weighted by molar-refractivity contribution is -0.139. The summed E-state index contributed by atoms with van der Waals surface area (Å²) in [5.74, 6) is -0.766. The summed E-state index contributed by atoms with van der Waals surface area (Å²) in [6, 6.07) is 13.0. The van der Waals surface area contributed by atoms with Gasteiger partial charge in [0.15, 0.2) is 0 Å². The smallest absolute Gasteiger partial charge is 0.244 e. The third kappa shape index (κ3) is 8.46. The SMILES string of the molecule is CCCCNC(=O)[C@H](C)N(Cc1ccc(Cl)cc1)C(=O)CN(c1ccc(I)cc1)S(C)(=O)=O. The van der Waals surface area contributed by atoms with E-state index in [4.69, 9.17) is 11.6 Å². The Morgan fingerprint density at radius 1 is 1.09 bits per heavy atom. The van der Waals surface area contributed by atoms with Gasteiger partial charge in [-0.1, -0.05) is 37.1 Å². The lowest BCUT2D eigenvalue weighted by atomic mass is 10.1. The van der Waals surface area contributed by atoms with Gasteiger partial charge in [0.2, 0.25) is 21.8 Å². The summed E-state index contributed by atoms with van der Waals surface area (Å²) in [6.45, 7) is 3.91. The number of nitrogens with one attached hydrogen (secondary N) is 1. The number of hydrogen-bond donors (Lipinski definition) is 1. The van der Waals surface area contributed by atoms with Crippen LogP contribution in [-0.2, 0) is 26.2 Å².